The van der Waals surface area contributed by atoms with E-state index in [0.29, 0.717) is 0 Å². The number of hydrogen-bond donors (Lipinski definition) is 1. The quantitative estimate of drug-likeness (QED) is 0.0345. The van der Waals surface area contributed by atoms with Crippen molar-refractivity contribution in [2.75, 3.05) is 0 Å². The van der Waals surface area contributed by atoms with Crippen LogP contribution in [-0.2, 0) is 70.9 Å². The Kier molecular flexibility index (Phi) is 30.4. The van der Waals surface area contributed by atoms with Crippen LogP contribution in [0, 0.1) is 12.1 Å². The maximum atomic E-state index is 10.0. The standard InChI is InChI=1S/C17H17NS.2C17H16NS.C5H8O2.CH2O3.2Ir.2K.H/c3*1-17(2,3)13-6-4-12(5-7-13)16-14-9-11-19-15(14)8-10-18-16;1-4(6)3-5(2)7;2-1-4-3;;;;;/h4-11H,1-3H3;2*4,6-11H,1-3H3;3,6H,1-2H3;1,3H;;;;;/q;2*-1;;;;;2*+1;-1/p-1. The van der Waals surface area contributed by atoms with Crippen molar-refractivity contribution in [2.45, 2.75) is 92.4 Å². The van der Waals surface area contributed by atoms with E-state index in [1.807, 2.05) is 18.6 Å². The van der Waals surface area contributed by atoms with E-state index in [4.69, 9.17) is 15.2 Å². The van der Waals surface area contributed by atoms with Gasteiger partial charge in [0.05, 0.1) is 11.5 Å². The number of rotatable bonds is 5. The van der Waals surface area contributed by atoms with E-state index in [0.717, 1.165) is 28.2 Å². The first-order valence-electron chi connectivity index (χ1n) is 21.9. The number of hydrogen-bond acceptors (Lipinski definition) is 11. The third kappa shape index (κ3) is 20.3. The van der Waals surface area contributed by atoms with Crippen molar-refractivity contribution in [1.82, 2.24) is 15.0 Å². The average Bonchev–Trinajstić information content (AvgIpc) is 4.10. The first-order valence-corrected chi connectivity index (χ1v) is 24.6. The zero-order valence-corrected chi connectivity index (χ0v) is 56.7. The summed E-state index contributed by atoms with van der Waals surface area (Å²) in [5, 5.41) is 26.8. The van der Waals surface area contributed by atoms with Crippen LogP contribution < -0.4 is 108 Å². The Labute approximate surface area is 550 Å². The molecule has 9 aromatic rings. The van der Waals surface area contributed by atoms with Gasteiger partial charge in [-0.1, -0.05) is 98.7 Å². The maximum Gasteiger partial charge on any atom is 1.00 e. The van der Waals surface area contributed by atoms with Gasteiger partial charge in [0.15, 0.2) is 5.78 Å². The van der Waals surface area contributed by atoms with Gasteiger partial charge in [0.2, 0.25) is 0 Å². The molecule has 0 aliphatic heterocycles. The second-order valence-corrected chi connectivity index (χ2v) is 21.7. The van der Waals surface area contributed by atoms with Crippen LogP contribution in [0.4, 0.5) is 0 Å². The fourth-order valence-corrected chi connectivity index (χ4v) is 9.19. The molecule has 72 heavy (non-hydrogen) atoms. The number of benzene rings is 3. The molecule has 1 N–H and O–H groups in total. The molecule has 0 spiro atoms. The molecule has 0 saturated carbocycles. The van der Waals surface area contributed by atoms with Gasteiger partial charge in [-0.3, -0.25) is 14.6 Å². The van der Waals surface area contributed by atoms with E-state index < -0.39 is 0 Å². The Bertz CT molecular complexity index is 2780. The molecule has 0 amide bonds. The van der Waals surface area contributed by atoms with Crippen LogP contribution in [-0.4, -0.2) is 32.3 Å². The molecule has 8 nitrogen and oxygen atoms in total. The molecule has 0 atom stereocenters. The second-order valence-electron chi connectivity index (χ2n) is 18.9. The van der Waals surface area contributed by atoms with E-state index in [-0.39, 0.29) is 179 Å². The molecule has 372 valence electrons. The van der Waals surface area contributed by atoms with Crippen molar-refractivity contribution in [2.24, 2.45) is 0 Å². The number of carbonyl (C=O) groups is 2. The first kappa shape index (κ1) is 68.2. The normalized spacial score (nSPS) is 10.9. The summed E-state index contributed by atoms with van der Waals surface area (Å²) in [7, 11) is 0. The third-order valence-corrected chi connectivity index (χ3v) is 13.1. The SMILES string of the molecule is CC(=O)C=C(C)O.CC(C)(C)c1c[c-]c(-c2nccc3sccc23)cc1.CC(C)(C)c1c[c-]c(-c2nccc3sccc23)cc1.CC(C)(C)c1ccc(-c2nccc3sccc23)cc1.O=CO[O-].[H-].[Ir].[Ir].[K+].[K+]. The number of ketones is 1. The Morgan fingerprint density at radius 2 is 0.903 bits per heavy atom. The van der Waals surface area contributed by atoms with Crippen molar-refractivity contribution in [1.29, 1.82) is 0 Å². The molecule has 2 radical (unpaired) electrons. The second kappa shape index (κ2) is 32.1. The fraction of sp³-hybridized carbons (Fsp3) is 0.246. The van der Waals surface area contributed by atoms with Crippen molar-refractivity contribution in [3.05, 3.63) is 172 Å². The number of thiophene rings is 3. The van der Waals surface area contributed by atoms with Gasteiger partial charge >= 0.3 is 103 Å². The molecule has 0 aliphatic rings. The zero-order chi connectivity index (χ0) is 49.6. The van der Waals surface area contributed by atoms with Gasteiger partial charge < -0.3 is 26.6 Å². The predicted molar refractivity (Wildman–Crippen MR) is 284 cm³/mol. The van der Waals surface area contributed by atoms with Crippen molar-refractivity contribution in [3.63, 3.8) is 0 Å². The van der Waals surface area contributed by atoms with Gasteiger partial charge in [0.1, 0.15) is 0 Å². The van der Waals surface area contributed by atoms with Gasteiger partial charge in [-0.15, -0.1) is 105 Å². The Balaban J connectivity index is 0.000000937. The monoisotopic (exact) mass is 1430 g/mol. The first-order chi connectivity index (χ1) is 32.2. The predicted octanol–water partition coefficient (Wildman–Crippen LogP) is 8.97. The Hall–Kier alpha value is -1.80. The molecule has 0 fully saturated rings. The van der Waals surface area contributed by atoms with Crippen LogP contribution in [0.1, 0.15) is 94.3 Å². The summed E-state index contributed by atoms with van der Waals surface area (Å²) in [5.41, 5.74) is 10.9. The van der Waals surface area contributed by atoms with Gasteiger partial charge in [0.25, 0.3) is 6.47 Å². The summed E-state index contributed by atoms with van der Waals surface area (Å²) in [4.78, 5) is 34.8. The Morgan fingerprint density at radius 3 is 1.18 bits per heavy atom. The molecule has 0 saturated heterocycles. The molecule has 6 aromatic heterocycles. The number of allylic oxidation sites excluding steroid dienone is 2. The number of fused-ring (bicyclic) bond motifs is 3. The topological polar surface area (TPSA) is 125 Å². The largest absolute Gasteiger partial charge is 1.00 e. The minimum Gasteiger partial charge on any atom is -1.00 e. The molecule has 9 rings (SSSR count). The Morgan fingerprint density at radius 1 is 0.569 bits per heavy atom. The smallest absolute Gasteiger partial charge is 1.00 e. The zero-order valence-electron chi connectivity index (χ0n) is 44.2. The molecular weight excluding hydrogens is 1370 g/mol. The molecular formula is C57H59Ir2K2N3O5S3-2. The van der Waals surface area contributed by atoms with E-state index in [1.165, 1.54) is 72.4 Å². The summed E-state index contributed by atoms with van der Waals surface area (Å²) in [6, 6.07) is 40.9. The molecule has 0 unspecified atom stereocenters. The van der Waals surface area contributed by atoms with Crippen LogP contribution in [0.25, 0.3) is 64.0 Å². The van der Waals surface area contributed by atoms with Crippen molar-refractivity contribution < 1.29 is 169 Å². The van der Waals surface area contributed by atoms with Gasteiger partial charge in [-0.2, -0.15) is 0 Å². The minimum absolute atomic E-state index is 0. The number of aromatic nitrogens is 3. The van der Waals surface area contributed by atoms with Gasteiger partial charge in [-0.25, -0.2) is 0 Å². The number of aliphatic hydroxyl groups is 1. The molecule has 0 bridgehead atoms. The van der Waals surface area contributed by atoms with Crippen molar-refractivity contribution in [3.8, 4) is 33.8 Å². The average molecular weight is 1420 g/mol. The third-order valence-electron chi connectivity index (χ3n) is 10.5. The molecule has 6 heterocycles. The van der Waals surface area contributed by atoms with Gasteiger partial charge in [-0.05, 0) is 98.2 Å². The maximum absolute atomic E-state index is 10.0. The summed E-state index contributed by atoms with van der Waals surface area (Å²) in [6.45, 7) is 22.7. The summed E-state index contributed by atoms with van der Waals surface area (Å²) in [5.74, 6) is -0.0625. The van der Waals surface area contributed by atoms with Crippen LogP contribution in [0.3, 0.4) is 0 Å². The molecule has 15 heteroatoms. The minimum atomic E-state index is -0.181. The van der Waals surface area contributed by atoms with E-state index in [9.17, 15) is 4.79 Å². The summed E-state index contributed by atoms with van der Waals surface area (Å²) >= 11 is 5.26. The number of carbonyl (C=O) groups excluding carboxylic acids is 2. The molecule has 3 aromatic carbocycles. The number of pyridine rings is 3. The van der Waals surface area contributed by atoms with Gasteiger partial charge in [0, 0.05) is 89.9 Å². The van der Waals surface area contributed by atoms with E-state index >= 15 is 0 Å². The van der Waals surface area contributed by atoms with E-state index in [2.05, 4.69) is 207 Å². The fourth-order valence-electron chi connectivity index (χ4n) is 6.84. The van der Waals surface area contributed by atoms with Crippen LogP contribution in [0.15, 0.2) is 144 Å². The summed E-state index contributed by atoms with van der Waals surface area (Å²) in [6.07, 6.45) is 6.81. The number of aliphatic hydroxyl groups excluding tert-OH is 1. The van der Waals surface area contributed by atoms with E-state index in [1.54, 1.807) is 34.0 Å². The summed E-state index contributed by atoms with van der Waals surface area (Å²) < 4.78 is 3.85. The van der Waals surface area contributed by atoms with Crippen LogP contribution in [0.2, 0.25) is 0 Å². The molecule has 0 aliphatic carbocycles. The van der Waals surface area contributed by atoms with Crippen LogP contribution in [0.5, 0.6) is 0 Å². The number of nitrogens with zero attached hydrogens (tertiary/aromatic N) is 3. The van der Waals surface area contributed by atoms with Crippen LogP contribution >= 0.6 is 34.0 Å². The van der Waals surface area contributed by atoms with Crippen molar-refractivity contribution >= 4 is 76.5 Å².